The van der Waals surface area contributed by atoms with Crippen LogP contribution in [0.25, 0.3) is 0 Å². The molecule has 1 nitrogen and oxygen atoms in total. The SMILES string of the molecule is CCNCC(C)(C)CCc1ccc(F)c(F)c1. The van der Waals surface area contributed by atoms with Gasteiger partial charge in [0.2, 0.25) is 0 Å². The van der Waals surface area contributed by atoms with Crippen LogP contribution in [0.2, 0.25) is 0 Å². The van der Waals surface area contributed by atoms with Gasteiger partial charge in [-0.05, 0) is 42.5 Å². The number of rotatable bonds is 6. The lowest BCUT2D eigenvalue weighted by molar-refractivity contribution is 0.317. The normalized spacial score (nSPS) is 11.8. The lowest BCUT2D eigenvalue weighted by Gasteiger charge is -2.24. The number of halogens is 2. The van der Waals surface area contributed by atoms with E-state index in [1.807, 2.05) is 0 Å². The maximum atomic E-state index is 13.0. The van der Waals surface area contributed by atoms with Crippen molar-refractivity contribution in [1.82, 2.24) is 5.32 Å². The van der Waals surface area contributed by atoms with Crippen LogP contribution in [-0.4, -0.2) is 13.1 Å². The van der Waals surface area contributed by atoms with Gasteiger partial charge in [-0.2, -0.15) is 0 Å². The molecule has 1 rings (SSSR count). The van der Waals surface area contributed by atoms with Gasteiger partial charge in [0.25, 0.3) is 0 Å². The first kappa shape index (κ1) is 14.1. The lowest BCUT2D eigenvalue weighted by Crippen LogP contribution is -2.29. The Morgan fingerprint density at radius 3 is 2.47 bits per heavy atom. The third-order valence-electron chi connectivity index (χ3n) is 2.93. The maximum Gasteiger partial charge on any atom is 0.159 e. The van der Waals surface area contributed by atoms with Crippen molar-refractivity contribution in [3.8, 4) is 0 Å². The van der Waals surface area contributed by atoms with E-state index in [4.69, 9.17) is 0 Å². The topological polar surface area (TPSA) is 12.0 Å². The predicted octanol–water partition coefficient (Wildman–Crippen LogP) is 3.53. The molecule has 0 unspecified atom stereocenters. The van der Waals surface area contributed by atoms with Crippen molar-refractivity contribution < 1.29 is 8.78 Å². The standard InChI is InChI=1S/C14H21F2N/c1-4-17-10-14(2,3)8-7-11-5-6-12(15)13(16)9-11/h5-6,9,17H,4,7-8,10H2,1-3H3. The smallest absolute Gasteiger partial charge is 0.159 e. The van der Waals surface area contributed by atoms with Gasteiger partial charge in [-0.15, -0.1) is 0 Å². The van der Waals surface area contributed by atoms with Crippen LogP contribution in [0.15, 0.2) is 18.2 Å². The Labute approximate surface area is 102 Å². The zero-order valence-corrected chi connectivity index (χ0v) is 10.8. The highest BCUT2D eigenvalue weighted by Gasteiger charge is 2.17. The minimum atomic E-state index is -0.777. The molecule has 1 aromatic rings. The van der Waals surface area contributed by atoms with E-state index in [0.29, 0.717) is 0 Å². The fraction of sp³-hybridized carbons (Fsp3) is 0.571. The molecule has 0 saturated carbocycles. The number of hydrogen-bond donors (Lipinski definition) is 1. The highest BCUT2D eigenvalue weighted by atomic mass is 19.2. The highest BCUT2D eigenvalue weighted by Crippen LogP contribution is 2.22. The van der Waals surface area contributed by atoms with Crippen molar-refractivity contribution in [2.75, 3.05) is 13.1 Å². The molecule has 1 aromatic carbocycles. The van der Waals surface area contributed by atoms with E-state index in [2.05, 4.69) is 26.1 Å². The average molecular weight is 241 g/mol. The second-order valence-electron chi connectivity index (χ2n) is 5.19. The van der Waals surface area contributed by atoms with Gasteiger partial charge in [0.05, 0.1) is 0 Å². The van der Waals surface area contributed by atoms with E-state index in [1.54, 1.807) is 6.07 Å². The Hall–Kier alpha value is -0.960. The van der Waals surface area contributed by atoms with Crippen LogP contribution < -0.4 is 5.32 Å². The number of aryl methyl sites for hydroxylation is 1. The van der Waals surface area contributed by atoms with Crippen molar-refractivity contribution >= 4 is 0 Å². The Kier molecular flexibility index (Phi) is 5.06. The van der Waals surface area contributed by atoms with Crippen LogP contribution in [0.1, 0.15) is 32.8 Å². The zero-order valence-electron chi connectivity index (χ0n) is 10.8. The molecular weight excluding hydrogens is 220 g/mol. The number of hydrogen-bond acceptors (Lipinski definition) is 1. The summed E-state index contributed by atoms with van der Waals surface area (Å²) in [6.45, 7) is 8.32. The quantitative estimate of drug-likeness (QED) is 0.803. The molecule has 1 N–H and O–H groups in total. The zero-order chi connectivity index (χ0) is 12.9. The van der Waals surface area contributed by atoms with Crippen molar-refractivity contribution in [1.29, 1.82) is 0 Å². The van der Waals surface area contributed by atoms with Gasteiger partial charge in [0.15, 0.2) is 11.6 Å². The van der Waals surface area contributed by atoms with E-state index in [9.17, 15) is 8.78 Å². The van der Waals surface area contributed by atoms with Crippen molar-refractivity contribution in [3.05, 3.63) is 35.4 Å². The molecule has 0 saturated heterocycles. The Morgan fingerprint density at radius 2 is 1.88 bits per heavy atom. The molecule has 0 aliphatic heterocycles. The summed E-state index contributed by atoms with van der Waals surface area (Å²) in [5, 5.41) is 3.31. The molecule has 0 aromatic heterocycles. The molecular formula is C14H21F2N. The van der Waals surface area contributed by atoms with Crippen molar-refractivity contribution in [2.45, 2.75) is 33.6 Å². The van der Waals surface area contributed by atoms with E-state index < -0.39 is 11.6 Å². The Bertz CT molecular complexity index is 361. The highest BCUT2D eigenvalue weighted by molar-refractivity contribution is 5.18. The number of benzene rings is 1. The minimum absolute atomic E-state index is 0.168. The summed E-state index contributed by atoms with van der Waals surface area (Å²) in [4.78, 5) is 0. The molecule has 17 heavy (non-hydrogen) atoms. The summed E-state index contributed by atoms with van der Waals surface area (Å²) in [5.41, 5.74) is 1.02. The minimum Gasteiger partial charge on any atom is -0.316 e. The fourth-order valence-corrected chi connectivity index (χ4v) is 1.73. The summed E-state index contributed by atoms with van der Waals surface area (Å²) in [7, 11) is 0. The Balaban J connectivity index is 2.51. The van der Waals surface area contributed by atoms with Gasteiger partial charge in [0, 0.05) is 6.54 Å². The molecule has 0 bridgehead atoms. The molecule has 0 aliphatic carbocycles. The van der Waals surface area contributed by atoms with Gasteiger partial charge >= 0.3 is 0 Å². The largest absolute Gasteiger partial charge is 0.316 e. The molecule has 0 radical (unpaired) electrons. The third-order valence-corrected chi connectivity index (χ3v) is 2.93. The summed E-state index contributed by atoms with van der Waals surface area (Å²) in [6.07, 6.45) is 1.72. The van der Waals surface area contributed by atoms with E-state index in [1.165, 1.54) is 12.1 Å². The van der Waals surface area contributed by atoms with Gasteiger partial charge < -0.3 is 5.32 Å². The van der Waals surface area contributed by atoms with E-state index >= 15 is 0 Å². The summed E-state index contributed by atoms with van der Waals surface area (Å²) < 4.78 is 25.8. The van der Waals surface area contributed by atoms with Crippen LogP contribution in [0.4, 0.5) is 8.78 Å². The maximum absolute atomic E-state index is 13.0. The van der Waals surface area contributed by atoms with E-state index in [0.717, 1.165) is 31.5 Å². The van der Waals surface area contributed by atoms with Gasteiger partial charge in [-0.1, -0.05) is 26.8 Å². The number of nitrogens with one attached hydrogen (secondary N) is 1. The lowest BCUT2D eigenvalue weighted by atomic mass is 9.86. The second kappa shape index (κ2) is 6.10. The molecule has 0 fully saturated rings. The summed E-state index contributed by atoms with van der Waals surface area (Å²) >= 11 is 0. The van der Waals surface area contributed by atoms with Crippen LogP contribution in [0.3, 0.4) is 0 Å². The van der Waals surface area contributed by atoms with Crippen LogP contribution in [0, 0.1) is 17.0 Å². The second-order valence-corrected chi connectivity index (χ2v) is 5.19. The first-order valence-corrected chi connectivity index (χ1v) is 6.09. The molecule has 96 valence electrons. The summed E-state index contributed by atoms with van der Waals surface area (Å²) in [5.74, 6) is -1.53. The third kappa shape index (κ3) is 4.82. The van der Waals surface area contributed by atoms with Crippen LogP contribution >= 0.6 is 0 Å². The first-order chi connectivity index (χ1) is 7.94. The molecule has 0 aliphatic rings. The molecule has 0 spiro atoms. The molecule has 0 heterocycles. The average Bonchev–Trinajstić information content (AvgIpc) is 2.28. The summed E-state index contributed by atoms with van der Waals surface area (Å²) in [6, 6.07) is 4.14. The Morgan fingerprint density at radius 1 is 1.18 bits per heavy atom. The van der Waals surface area contributed by atoms with E-state index in [-0.39, 0.29) is 5.41 Å². The first-order valence-electron chi connectivity index (χ1n) is 6.09. The van der Waals surface area contributed by atoms with Gasteiger partial charge in [0.1, 0.15) is 0 Å². The fourth-order valence-electron chi connectivity index (χ4n) is 1.73. The molecule has 0 amide bonds. The van der Waals surface area contributed by atoms with Crippen LogP contribution in [-0.2, 0) is 6.42 Å². The van der Waals surface area contributed by atoms with Crippen molar-refractivity contribution in [3.63, 3.8) is 0 Å². The predicted molar refractivity (Wildman–Crippen MR) is 67.0 cm³/mol. The van der Waals surface area contributed by atoms with Gasteiger partial charge in [-0.25, -0.2) is 8.78 Å². The van der Waals surface area contributed by atoms with Crippen molar-refractivity contribution in [2.24, 2.45) is 5.41 Å². The van der Waals surface area contributed by atoms with Crippen LogP contribution in [0.5, 0.6) is 0 Å². The monoisotopic (exact) mass is 241 g/mol. The molecule has 3 heteroatoms. The molecule has 0 atom stereocenters. The van der Waals surface area contributed by atoms with Gasteiger partial charge in [-0.3, -0.25) is 0 Å².